The van der Waals surface area contributed by atoms with Gasteiger partial charge in [0.15, 0.2) is 0 Å². The van der Waals surface area contributed by atoms with Gasteiger partial charge in [0, 0.05) is 30.4 Å². The van der Waals surface area contributed by atoms with Gasteiger partial charge in [0.05, 0.1) is 18.3 Å². The largest absolute Gasteiger partial charge is 0.373 e. The van der Waals surface area contributed by atoms with Crippen LogP contribution in [0.4, 0.5) is 0 Å². The van der Waals surface area contributed by atoms with Gasteiger partial charge in [-0.15, -0.1) is 0 Å². The molecule has 0 N–H and O–H groups in total. The number of carbonyl (C=O) groups is 1. The van der Waals surface area contributed by atoms with Crippen LogP contribution in [0.2, 0.25) is 0 Å². The minimum absolute atomic E-state index is 0.0618. The van der Waals surface area contributed by atoms with Crippen LogP contribution in [0.5, 0.6) is 0 Å². The number of piperidine rings is 1. The number of likely N-dealkylation sites (tertiary alicyclic amines) is 1. The van der Waals surface area contributed by atoms with E-state index in [9.17, 15) is 4.79 Å². The van der Waals surface area contributed by atoms with E-state index in [1.807, 2.05) is 24.0 Å². The maximum Gasteiger partial charge on any atom is 0.255 e. The van der Waals surface area contributed by atoms with Gasteiger partial charge in [0.1, 0.15) is 0 Å². The molecule has 1 spiro atoms. The molecule has 3 heterocycles. The Labute approximate surface area is 174 Å². The standard InChI is InChI=1S/C25H32N2O2/c1-18(2)22-14-25(17-29-23(22)20-8-5-4-6-9-20)12-7-13-27(16-25)24(28)21-11-10-19(3)26-15-21/h4-6,8-11,15,18,22-23H,7,12-14,16-17H2,1-3H3/t22-,23-,25+/m0/s1. The van der Waals surface area contributed by atoms with Crippen molar-refractivity contribution in [3.05, 3.63) is 65.5 Å². The van der Waals surface area contributed by atoms with Crippen molar-refractivity contribution in [1.82, 2.24) is 9.88 Å². The zero-order chi connectivity index (χ0) is 20.4. The summed E-state index contributed by atoms with van der Waals surface area (Å²) in [6.07, 6.45) is 5.14. The van der Waals surface area contributed by atoms with Crippen LogP contribution in [0.25, 0.3) is 0 Å². The minimum atomic E-state index is 0.0618. The summed E-state index contributed by atoms with van der Waals surface area (Å²) in [5, 5.41) is 0. The number of aromatic nitrogens is 1. The van der Waals surface area contributed by atoms with E-state index in [0.717, 1.165) is 44.7 Å². The first-order valence-corrected chi connectivity index (χ1v) is 10.9. The van der Waals surface area contributed by atoms with Gasteiger partial charge < -0.3 is 9.64 Å². The molecule has 0 bridgehead atoms. The molecule has 4 rings (SSSR count). The van der Waals surface area contributed by atoms with E-state index in [2.05, 4.69) is 49.2 Å². The molecule has 4 heteroatoms. The summed E-state index contributed by atoms with van der Waals surface area (Å²) in [6, 6.07) is 14.4. The lowest BCUT2D eigenvalue weighted by atomic mass is 9.67. The van der Waals surface area contributed by atoms with Gasteiger partial charge in [-0.25, -0.2) is 0 Å². The second-order valence-corrected chi connectivity index (χ2v) is 9.27. The monoisotopic (exact) mass is 392 g/mol. The topological polar surface area (TPSA) is 42.4 Å². The molecular formula is C25H32N2O2. The molecule has 2 aliphatic rings. The lowest BCUT2D eigenvalue weighted by Crippen LogP contribution is -2.52. The van der Waals surface area contributed by atoms with Crippen molar-refractivity contribution in [2.24, 2.45) is 17.3 Å². The van der Waals surface area contributed by atoms with Crippen molar-refractivity contribution < 1.29 is 9.53 Å². The number of nitrogens with zero attached hydrogens (tertiary/aromatic N) is 2. The van der Waals surface area contributed by atoms with Crippen LogP contribution in [-0.2, 0) is 4.74 Å². The summed E-state index contributed by atoms with van der Waals surface area (Å²) in [6.45, 7) is 8.87. The fourth-order valence-corrected chi connectivity index (χ4v) is 5.07. The number of hydrogen-bond donors (Lipinski definition) is 0. The van der Waals surface area contributed by atoms with E-state index >= 15 is 0 Å². The van der Waals surface area contributed by atoms with Gasteiger partial charge in [0.25, 0.3) is 5.91 Å². The summed E-state index contributed by atoms with van der Waals surface area (Å²) in [5.41, 5.74) is 2.96. The van der Waals surface area contributed by atoms with E-state index in [0.29, 0.717) is 17.4 Å². The van der Waals surface area contributed by atoms with E-state index in [4.69, 9.17) is 4.74 Å². The molecule has 1 aromatic heterocycles. The zero-order valence-corrected chi connectivity index (χ0v) is 17.8. The first-order valence-electron chi connectivity index (χ1n) is 10.9. The lowest BCUT2D eigenvalue weighted by molar-refractivity contribution is -0.130. The molecule has 2 saturated heterocycles. The van der Waals surface area contributed by atoms with Crippen LogP contribution in [0.3, 0.4) is 0 Å². The van der Waals surface area contributed by atoms with Crippen molar-refractivity contribution in [1.29, 1.82) is 0 Å². The summed E-state index contributed by atoms with van der Waals surface area (Å²) in [4.78, 5) is 19.4. The molecule has 154 valence electrons. The second kappa shape index (κ2) is 8.27. The highest BCUT2D eigenvalue weighted by Crippen LogP contribution is 2.48. The summed E-state index contributed by atoms with van der Waals surface area (Å²) < 4.78 is 6.53. The molecule has 2 aliphatic heterocycles. The fraction of sp³-hybridized carbons (Fsp3) is 0.520. The third-order valence-corrected chi connectivity index (χ3v) is 6.72. The van der Waals surface area contributed by atoms with E-state index in [-0.39, 0.29) is 17.4 Å². The minimum Gasteiger partial charge on any atom is -0.373 e. The predicted octanol–water partition coefficient (Wildman–Crippen LogP) is 5.05. The molecule has 0 aliphatic carbocycles. The molecule has 3 atom stereocenters. The Hall–Kier alpha value is -2.20. The summed E-state index contributed by atoms with van der Waals surface area (Å²) in [5.74, 6) is 1.09. The van der Waals surface area contributed by atoms with Crippen molar-refractivity contribution in [3.8, 4) is 0 Å². The maximum absolute atomic E-state index is 13.1. The number of amides is 1. The average molecular weight is 393 g/mol. The number of rotatable bonds is 3. The molecule has 0 unspecified atom stereocenters. The Morgan fingerprint density at radius 2 is 2.00 bits per heavy atom. The van der Waals surface area contributed by atoms with Crippen LogP contribution in [-0.4, -0.2) is 35.5 Å². The Balaban J connectivity index is 1.52. The Morgan fingerprint density at radius 3 is 2.69 bits per heavy atom. The highest BCUT2D eigenvalue weighted by molar-refractivity contribution is 5.94. The van der Waals surface area contributed by atoms with Gasteiger partial charge in [-0.3, -0.25) is 9.78 Å². The Kier molecular flexibility index (Phi) is 5.73. The SMILES string of the molecule is Cc1ccc(C(=O)N2CCC[C@]3(CO[C@@H](c4ccccc4)[C@H](C(C)C)C3)C2)cn1. The van der Waals surface area contributed by atoms with Crippen LogP contribution < -0.4 is 0 Å². The van der Waals surface area contributed by atoms with E-state index in [1.165, 1.54) is 5.56 Å². The molecule has 1 amide bonds. The Bertz CT molecular complexity index is 834. The molecule has 0 radical (unpaired) electrons. The lowest BCUT2D eigenvalue weighted by Gasteiger charge is -2.50. The highest BCUT2D eigenvalue weighted by Gasteiger charge is 2.46. The highest BCUT2D eigenvalue weighted by atomic mass is 16.5. The molecular weight excluding hydrogens is 360 g/mol. The smallest absolute Gasteiger partial charge is 0.255 e. The van der Waals surface area contributed by atoms with Gasteiger partial charge in [-0.1, -0.05) is 44.2 Å². The molecule has 2 fully saturated rings. The maximum atomic E-state index is 13.1. The summed E-state index contributed by atoms with van der Waals surface area (Å²) >= 11 is 0. The first kappa shape index (κ1) is 20.1. The number of hydrogen-bond acceptors (Lipinski definition) is 3. The number of aryl methyl sites for hydroxylation is 1. The third kappa shape index (κ3) is 4.23. The van der Waals surface area contributed by atoms with Gasteiger partial charge >= 0.3 is 0 Å². The van der Waals surface area contributed by atoms with Crippen molar-refractivity contribution in [2.45, 2.75) is 46.1 Å². The van der Waals surface area contributed by atoms with Crippen LogP contribution in [0.15, 0.2) is 48.7 Å². The van der Waals surface area contributed by atoms with E-state index in [1.54, 1.807) is 6.20 Å². The van der Waals surface area contributed by atoms with Crippen LogP contribution in [0.1, 0.15) is 60.8 Å². The molecule has 1 aromatic carbocycles. The van der Waals surface area contributed by atoms with Crippen LogP contribution >= 0.6 is 0 Å². The molecule has 0 saturated carbocycles. The second-order valence-electron chi connectivity index (χ2n) is 9.27. The number of ether oxygens (including phenoxy) is 1. The van der Waals surface area contributed by atoms with Crippen molar-refractivity contribution >= 4 is 5.91 Å². The van der Waals surface area contributed by atoms with Crippen LogP contribution in [0, 0.1) is 24.2 Å². The van der Waals surface area contributed by atoms with Gasteiger partial charge in [-0.05, 0) is 55.7 Å². The molecule has 2 aromatic rings. The van der Waals surface area contributed by atoms with Crippen molar-refractivity contribution in [2.75, 3.05) is 19.7 Å². The zero-order valence-electron chi connectivity index (χ0n) is 17.8. The predicted molar refractivity (Wildman–Crippen MR) is 115 cm³/mol. The number of pyridine rings is 1. The third-order valence-electron chi connectivity index (χ3n) is 6.72. The Morgan fingerprint density at radius 1 is 1.21 bits per heavy atom. The van der Waals surface area contributed by atoms with E-state index < -0.39 is 0 Å². The first-order chi connectivity index (χ1) is 14.0. The van der Waals surface area contributed by atoms with Crippen molar-refractivity contribution in [3.63, 3.8) is 0 Å². The number of benzene rings is 1. The number of carbonyl (C=O) groups excluding carboxylic acids is 1. The normalized spacial score (nSPS) is 27.4. The average Bonchev–Trinajstić information content (AvgIpc) is 2.74. The quantitative estimate of drug-likeness (QED) is 0.734. The molecule has 4 nitrogen and oxygen atoms in total. The van der Waals surface area contributed by atoms with Gasteiger partial charge in [0.2, 0.25) is 0 Å². The molecule has 29 heavy (non-hydrogen) atoms. The van der Waals surface area contributed by atoms with Gasteiger partial charge in [-0.2, -0.15) is 0 Å². The fourth-order valence-electron chi connectivity index (χ4n) is 5.07. The summed E-state index contributed by atoms with van der Waals surface area (Å²) in [7, 11) is 0.